The smallest absolute Gasteiger partial charge is 0.317 e. The first-order chi connectivity index (χ1) is 11.6. The highest BCUT2D eigenvalue weighted by Gasteiger charge is 2.26. The van der Waals surface area contributed by atoms with Crippen molar-refractivity contribution in [2.24, 2.45) is 5.92 Å². The summed E-state index contributed by atoms with van der Waals surface area (Å²) in [7, 11) is 0. The van der Waals surface area contributed by atoms with E-state index in [1.54, 1.807) is 0 Å². The maximum absolute atomic E-state index is 12.4. The van der Waals surface area contributed by atoms with Gasteiger partial charge in [0.2, 0.25) is 0 Å². The van der Waals surface area contributed by atoms with E-state index in [4.69, 9.17) is 0 Å². The monoisotopic (exact) mass is 326 g/mol. The third-order valence-electron chi connectivity index (χ3n) is 4.98. The highest BCUT2D eigenvalue weighted by molar-refractivity contribution is 5.85. The van der Waals surface area contributed by atoms with Crippen molar-refractivity contribution < 1.29 is 9.90 Å². The quantitative estimate of drug-likeness (QED) is 0.906. The predicted molar refractivity (Wildman–Crippen MR) is 97.0 cm³/mol. The molecule has 1 heterocycles. The van der Waals surface area contributed by atoms with Crippen LogP contribution in [0.5, 0.6) is 0 Å². The van der Waals surface area contributed by atoms with Crippen LogP contribution in [-0.2, 0) is 6.42 Å². The molecule has 0 saturated carbocycles. The molecule has 1 fully saturated rings. The molecule has 128 valence electrons. The lowest BCUT2D eigenvalue weighted by Gasteiger charge is -2.34. The third-order valence-corrected chi connectivity index (χ3v) is 4.98. The second-order valence-corrected chi connectivity index (χ2v) is 6.71. The van der Waals surface area contributed by atoms with Crippen molar-refractivity contribution in [2.75, 3.05) is 19.6 Å². The van der Waals surface area contributed by atoms with Crippen molar-refractivity contribution in [3.63, 3.8) is 0 Å². The molecule has 2 N–H and O–H groups in total. The Morgan fingerprint density at radius 1 is 1.29 bits per heavy atom. The average molecular weight is 326 g/mol. The second kappa shape index (κ2) is 7.67. The molecular weight excluding hydrogens is 300 g/mol. The predicted octanol–water partition coefficient (Wildman–Crippen LogP) is 3.18. The molecule has 0 aliphatic carbocycles. The van der Waals surface area contributed by atoms with Gasteiger partial charge in [-0.15, -0.1) is 0 Å². The number of aliphatic hydroxyl groups is 1. The van der Waals surface area contributed by atoms with Gasteiger partial charge in [0, 0.05) is 25.6 Å². The topological polar surface area (TPSA) is 52.6 Å². The molecular formula is C20H26N2O2. The second-order valence-electron chi connectivity index (χ2n) is 6.71. The van der Waals surface area contributed by atoms with Crippen molar-refractivity contribution in [2.45, 2.75) is 32.3 Å². The number of carbonyl (C=O) groups excluding carboxylic acids is 1. The van der Waals surface area contributed by atoms with Gasteiger partial charge in [-0.05, 0) is 42.5 Å². The summed E-state index contributed by atoms with van der Waals surface area (Å²) in [4.78, 5) is 14.2. The van der Waals surface area contributed by atoms with Crippen LogP contribution in [0.3, 0.4) is 0 Å². The Balaban J connectivity index is 1.55. The van der Waals surface area contributed by atoms with E-state index in [9.17, 15) is 9.90 Å². The minimum atomic E-state index is -0.351. The van der Waals surface area contributed by atoms with Crippen molar-refractivity contribution in [3.05, 3.63) is 48.0 Å². The molecule has 4 heteroatoms. The lowest BCUT2D eigenvalue weighted by atomic mass is 9.94. The van der Waals surface area contributed by atoms with Gasteiger partial charge in [0.25, 0.3) is 0 Å². The Morgan fingerprint density at radius 2 is 2.08 bits per heavy atom. The number of likely N-dealkylation sites (tertiary alicyclic amines) is 1. The van der Waals surface area contributed by atoms with Crippen LogP contribution in [0.25, 0.3) is 10.8 Å². The van der Waals surface area contributed by atoms with Crippen molar-refractivity contribution in [3.8, 4) is 0 Å². The summed E-state index contributed by atoms with van der Waals surface area (Å²) in [5, 5.41) is 15.3. The molecule has 3 rings (SSSR count). The maximum atomic E-state index is 12.4. The first kappa shape index (κ1) is 16.8. The van der Waals surface area contributed by atoms with Crippen LogP contribution in [0.1, 0.15) is 25.3 Å². The van der Waals surface area contributed by atoms with Crippen LogP contribution in [0.2, 0.25) is 0 Å². The van der Waals surface area contributed by atoms with E-state index in [1.165, 1.54) is 16.3 Å². The van der Waals surface area contributed by atoms with Crippen LogP contribution < -0.4 is 5.32 Å². The number of hydrogen-bond acceptors (Lipinski definition) is 2. The molecule has 0 bridgehead atoms. The number of fused-ring (bicyclic) bond motifs is 1. The van der Waals surface area contributed by atoms with E-state index < -0.39 is 0 Å². The number of benzene rings is 2. The zero-order chi connectivity index (χ0) is 16.9. The molecule has 2 aromatic rings. The Morgan fingerprint density at radius 3 is 2.92 bits per heavy atom. The number of carbonyl (C=O) groups is 1. The van der Waals surface area contributed by atoms with Gasteiger partial charge < -0.3 is 15.3 Å². The fourth-order valence-corrected chi connectivity index (χ4v) is 3.51. The highest BCUT2D eigenvalue weighted by Crippen LogP contribution is 2.20. The number of rotatable bonds is 4. The van der Waals surface area contributed by atoms with Gasteiger partial charge in [0.05, 0.1) is 6.10 Å². The van der Waals surface area contributed by atoms with E-state index in [0.29, 0.717) is 13.1 Å². The van der Waals surface area contributed by atoms with Crippen molar-refractivity contribution >= 4 is 16.8 Å². The molecule has 1 aliphatic heterocycles. The molecule has 24 heavy (non-hydrogen) atoms. The summed E-state index contributed by atoms with van der Waals surface area (Å²) < 4.78 is 0. The van der Waals surface area contributed by atoms with Gasteiger partial charge in [0.1, 0.15) is 0 Å². The number of amides is 2. The SMILES string of the molecule is CC(O)C1CCCN(C(=O)NCCc2cccc3ccccc23)C1. The van der Waals surface area contributed by atoms with Gasteiger partial charge in [-0.25, -0.2) is 4.79 Å². The lowest BCUT2D eigenvalue weighted by molar-refractivity contribution is 0.0740. The number of aliphatic hydroxyl groups excluding tert-OH is 1. The molecule has 4 nitrogen and oxygen atoms in total. The number of piperidine rings is 1. The maximum Gasteiger partial charge on any atom is 0.317 e. The van der Waals surface area contributed by atoms with E-state index in [-0.39, 0.29) is 18.1 Å². The number of nitrogens with one attached hydrogen (secondary N) is 1. The summed E-state index contributed by atoms with van der Waals surface area (Å²) in [5.74, 6) is 0.197. The van der Waals surface area contributed by atoms with Gasteiger partial charge in [-0.1, -0.05) is 42.5 Å². The molecule has 2 unspecified atom stereocenters. The van der Waals surface area contributed by atoms with Gasteiger partial charge in [0.15, 0.2) is 0 Å². The van der Waals surface area contributed by atoms with Crippen LogP contribution in [-0.4, -0.2) is 41.8 Å². The Kier molecular flexibility index (Phi) is 5.36. The number of urea groups is 1. The fourth-order valence-electron chi connectivity index (χ4n) is 3.51. The standard InChI is InChI=1S/C20H26N2O2/c1-15(23)18-9-5-13-22(14-18)20(24)21-12-11-17-8-4-7-16-6-2-3-10-19(16)17/h2-4,6-8,10,15,18,23H,5,9,11-14H2,1H3,(H,21,24). The molecule has 0 radical (unpaired) electrons. The molecule has 2 atom stereocenters. The highest BCUT2D eigenvalue weighted by atomic mass is 16.3. The first-order valence-electron chi connectivity index (χ1n) is 8.82. The van der Waals surface area contributed by atoms with Crippen LogP contribution in [0, 0.1) is 5.92 Å². The first-order valence-corrected chi connectivity index (χ1v) is 8.82. The lowest BCUT2D eigenvalue weighted by Crippen LogP contribution is -2.47. The Bertz CT molecular complexity index is 694. The summed E-state index contributed by atoms with van der Waals surface area (Å²) >= 11 is 0. The molecule has 1 aliphatic rings. The number of nitrogens with zero attached hydrogens (tertiary/aromatic N) is 1. The minimum Gasteiger partial charge on any atom is -0.393 e. The molecule has 0 spiro atoms. The van der Waals surface area contributed by atoms with Gasteiger partial charge in [-0.3, -0.25) is 0 Å². The Hall–Kier alpha value is -2.07. The molecule has 0 aromatic heterocycles. The van der Waals surface area contributed by atoms with Gasteiger partial charge >= 0.3 is 6.03 Å². The zero-order valence-electron chi connectivity index (χ0n) is 14.2. The molecule has 2 aromatic carbocycles. The van der Waals surface area contributed by atoms with Crippen molar-refractivity contribution in [1.29, 1.82) is 0 Å². The average Bonchev–Trinajstić information content (AvgIpc) is 2.62. The van der Waals surface area contributed by atoms with E-state index >= 15 is 0 Å². The van der Waals surface area contributed by atoms with Crippen molar-refractivity contribution in [1.82, 2.24) is 10.2 Å². The third kappa shape index (κ3) is 3.88. The fraction of sp³-hybridized carbons (Fsp3) is 0.450. The molecule has 2 amide bonds. The number of hydrogen-bond donors (Lipinski definition) is 2. The normalized spacial score (nSPS) is 19.2. The van der Waals surface area contributed by atoms with Crippen LogP contribution >= 0.6 is 0 Å². The van der Waals surface area contributed by atoms with E-state index in [2.05, 4.69) is 35.6 Å². The Labute approximate surface area is 143 Å². The summed E-state index contributed by atoms with van der Waals surface area (Å²) in [6, 6.07) is 14.6. The summed E-state index contributed by atoms with van der Waals surface area (Å²) in [5.41, 5.74) is 1.26. The summed E-state index contributed by atoms with van der Waals surface area (Å²) in [6.45, 7) is 3.87. The zero-order valence-corrected chi connectivity index (χ0v) is 14.2. The van der Waals surface area contributed by atoms with Crippen LogP contribution in [0.15, 0.2) is 42.5 Å². The molecule has 1 saturated heterocycles. The van der Waals surface area contributed by atoms with E-state index in [0.717, 1.165) is 25.8 Å². The minimum absolute atomic E-state index is 0.0133. The van der Waals surface area contributed by atoms with E-state index in [1.807, 2.05) is 24.0 Å². The largest absolute Gasteiger partial charge is 0.393 e. The van der Waals surface area contributed by atoms with Crippen LogP contribution in [0.4, 0.5) is 4.79 Å². The van der Waals surface area contributed by atoms with Gasteiger partial charge in [-0.2, -0.15) is 0 Å². The summed E-state index contributed by atoms with van der Waals surface area (Å²) in [6.07, 6.45) is 2.43.